The molecule has 5 heteroatoms. The van der Waals surface area contributed by atoms with Crippen LogP contribution in [-0.2, 0) is 0 Å². The van der Waals surface area contributed by atoms with E-state index in [4.69, 9.17) is 0 Å². The molecule has 3 aromatic heterocycles. The van der Waals surface area contributed by atoms with Gasteiger partial charge in [0.15, 0.2) is 0 Å². The van der Waals surface area contributed by atoms with Crippen LogP contribution in [0.15, 0.2) is 60.2 Å². The molecule has 0 spiro atoms. The zero-order valence-corrected chi connectivity index (χ0v) is 14.8. The van der Waals surface area contributed by atoms with Gasteiger partial charge in [0, 0.05) is 23.6 Å². The summed E-state index contributed by atoms with van der Waals surface area (Å²) in [6, 6.07) is 13.8. The lowest BCUT2D eigenvalue weighted by molar-refractivity contribution is 0.103. The van der Waals surface area contributed by atoms with Gasteiger partial charge in [0.2, 0.25) is 0 Å². The van der Waals surface area contributed by atoms with Gasteiger partial charge in [-0.1, -0.05) is 12.1 Å². The molecule has 0 bridgehead atoms. The molecule has 3 heterocycles. The number of thiophene rings is 1. The molecule has 1 amide bonds. The first kappa shape index (κ1) is 15.6. The maximum absolute atomic E-state index is 12.2. The van der Waals surface area contributed by atoms with E-state index in [1.165, 1.54) is 16.9 Å². The SMILES string of the molecule is Cc1csc(C(=O)Nc2ccc(-c3cn4ccc(C)cc4n3)cc2)c1. The number of aryl methyl sites for hydroxylation is 2. The van der Waals surface area contributed by atoms with Crippen molar-refractivity contribution < 1.29 is 4.79 Å². The number of fused-ring (bicyclic) bond motifs is 1. The average Bonchev–Trinajstić information content (AvgIpc) is 3.21. The van der Waals surface area contributed by atoms with Crippen molar-refractivity contribution >= 4 is 28.6 Å². The van der Waals surface area contributed by atoms with E-state index in [2.05, 4.69) is 29.4 Å². The van der Waals surface area contributed by atoms with E-state index >= 15 is 0 Å². The van der Waals surface area contributed by atoms with Crippen LogP contribution in [0.3, 0.4) is 0 Å². The Morgan fingerprint density at radius 1 is 1.08 bits per heavy atom. The highest BCUT2D eigenvalue weighted by Crippen LogP contribution is 2.22. The van der Waals surface area contributed by atoms with Crippen molar-refractivity contribution in [3.63, 3.8) is 0 Å². The van der Waals surface area contributed by atoms with E-state index in [1.807, 2.05) is 59.4 Å². The first-order chi connectivity index (χ1) is 12.1. The van der Waals surface area contributed by atoms with Crippen LogP contribution < -0.4 is 5.32 Å². The largest absolute Gasteiger partial charge is 0.321 e. The number of amides is 1. The van der Waals surface area contributed by atoms with Gasteiger partial charge in [-0.15, -0.1) is 11.3 Å². The molecular formula is C20H17N3OS. The van der Waals surface area contributed by atoms with Gasteiger partial charge < -0.3 is 9.72 Å². The highest BCUT2D eigenvalue weighted by Gasteiger charge is 2.09. The maximum atomic E-state index is 12.2. The van der Waals surface area contributed by atoms with Gasteiger partial charge in [0.05, 0.1) is 10.6 Å². The maximum Gasteiger partial charge on any atom is 0.265 e. The number of carbonyl (C=O) groups excluding carboxylic acids is 1. The van der Waals surface area contributed by atoms with Crippen molar-refractivity contribution in [1.29, 1.82) is 0 Å². The molecule has 4 rings (SSSR count). The first-order valence-electron chi connectivity index (χ1n) is 8.01. The quantitative estimate of drug-likeness (QED) is 0.571. The van der Waals surface area contributed by atoms with Crippen LogP contribution in [0.4, 0.5) is 5.69 Å². The topological polar surface area (TPSA) is 46.4 Å². The van der Waals surface area contributed by atoms with Crippen LogP contribution in [-0.4, -0.2) is 15.3 Å². The lowest BCUT2D eigenvalue weighted by Crippen LogP contribution is -2.09. The summed E-state index contributed by atoms with van der Waals surface area (Å²) < 4.78 is 2.01. The fraction of sp³-hybridized carbons (Fsp3) is 0.100. The van der Waals surface area contributed by atoms with Gasteiger partial charge in [-0.3, -0.25) is 4.79 Å². The molecule has 25 heavy (non-hydrogen) atoms. The minimum absolute atomic E-state index is 0.0749. The van der Waals surface area contributed by atoms with Crippen LogP contribution in [0.25, 0.3) is 16.9 Å². The smallest absolute Gasteiger partial charge is 0.265 e. The summed E-state index contributed by atoms with van der Waals surface area (Å²) >= 11 is 1.46. The van der Waals surface area contributed by atoms with E-state index < -0.39 is 0 Å². The van der Waals surface area contributed by atoms with Crippen LogP contribution in [0, 0.1) is 13.8 Å². The first-order valence-corrected chi connectivity index (χ1v) is 8.89. The number of hydrogen-bond acceptors (Lipinski definition) is 3. The second-order valence-corrected chi connectivity index (χ2v) is 7.03. The normalized spacial score (nSPS) is 11.0. The molecule has 0 aliphatic rings. The standard InChI is InChI=1S/C20H17N3OS/c1-13-7-8-23-11-17(22-19(23)10-13)15-3-5-16(6-4-15)21-20(24)18-9-14(2)12-25-18/h3-12H,1-2H3,(H,21,24). The third-order valence-corrected chi connectivity index (χ3v) is 5.06. The number of hydrogen-bond donors (Lipinski definition) is 1. The number of imidazole rings is 1. The van der Waals surface area contributed by atoms with Crippen molar-refractivity contribution in [2.45, 2.75) is 13.8 Å². The monoisotopic (exact) mass is 347 g/mol. The molecule has 0 aliphatic carbocycles. The number of carbonyl (C=O) groups is 1. The zero-order chi connectivity index (χ0) is 17.4. The number of benzene rings is 1. The lowest BCUT2D eigenvalue weighted by Gasteiger charge is -2.04. The van der Waals surface area contributed by atoms with Crippen LogP contribution in [0.5, 0.6) is 0 Å². The Morgan fingerprint density at radius 3 is 2.60 bits per heavy atom. The summed E-state index contributed by atoms with van der Waals surface area (Å²) in [6.45, 7) is 4.04. The number of aromatic nitrogens is 2. The van der Waals surface area contributed by atoms with Crippen molar-refractivity contribution in [3.8, 4) is 11.3 Å². The number of anilines is 1. The Bertz CT molecular complexity index is 1060. The van der Waals surface area contributed by atoms with E-state index in [0.29, 0.717) is 0 Å². The lowest BCUT2D eigenvalue weighted by atomic mass is 10.1. The summed E-state index contributed by atoms with van der Waals surface area (Å²) in [4.78, 5) is 17.6. The van der Waals surface area contributed by atoms with E-state index in [9.17, 15) is 4.79 Å². The van der Waals surface area contributed by atoms with Gasteiger partial charge in [0.1, 0.15) is 5.65 Å². The molecular weight excluding hydrogens is 330 g/mol. The van der Waals surface area contributed by atoms with Crippen molar-refractivity contribution in [2.75, 3.05) is 5.32 Å². The Labute approximate surface area is 149 Å². The van der Waals surface area contributed by atoms with Gasteiger partial charge in [-0.2, -0.15) is 0 Å². The molecule has 0 atom stereocenters. The van der Waals surface area contributed by atoms with E-state index in [0.717, 1.165) is 33.0 Å². The molecule has 1 aromatic carbocycles. The summed E-state index contributed by atoms with van der Waals surface area (Å²) in [7, 11) is 0. The molecule has 1 N–H and O–H groups in total. The van der Waals surface area contributed by atoms with Crippen LogP contribution >= 0.6 is 11.3 Å². The fourth-order valence-corrected chi connectivity index (χ4v) is 3.48. The van der Waals surface area contributed by atoms with Gasteiger partial charge >= 0.3 is 0 Å². The van der Waals surface area contributed by atoms with Gasteiger partial charge in [-0.05, 0) is 60.7 Å². The minimum atomic E-state index is -0.0749. The molecule has 124 valence electrons. The highest BCUT2D eigenvalue weighted by molar-refractivity contribution is 7.12. The van der Waals surface area contributed by atoms with Crippen molar-refractivity contribution in [1.82, 2.24) is 9.38 Å². The highest BCUT2D eigenvalue weighted by atomic mass is 32.1. The number of nitrogens with one attached hydrogen (secondary N) is 1. The molecule has 0 aliphatic heterocycles. The third kappa shape index (κ3) is 3.19. The fourth-order valence-electron chi connectivity index (χ4n) is 2.69. The summed E-state index contributed by atoms with van der Waals surface area (Å²) in [5.41, 5.74) is 5.93. The Kier molecular flexibility index (Phi) is 3.86. The Balaban J connectivity index is 1.55. The summed E-state index contributed by atoms with van der Waals surface area (Å²) in [6.07, 6.45) is 4.02. The molecule has 4 nitrogen and oxygen atoms in total. The van der Waals surface area contributed by atoms with E-state index in [-0.39, 0.29) is 5.91 Å². The minimum Gasteiger partial charge on any atom is -0.321 e. The van der Waals surface area contributed by atoms with Crippen molar-refractivity contribution in [3.05, 3.63) is 76.2 Å². The predicted octanol–water partition coefficient (Wildman–Crippen LogP) is 4.93. The Morgan fingerprint density at radius 2 is 1.88 bits per heavy atom. The zero-order valence-electron chi connectivity index (χ0n) is 14.0. The number of nitrogens with zero attached hydrogens (tertiary/aromatic N) is 2. The second-order valence-electron chi connectivity index (χ2n) is 6.12. The molecule has 0 radical (unpaired) electrons. The number of rotatable bonds is 3. The molecule has 4 aromatic rings. The summed E-state index contributed by atoms with van der Waals surface area (Å²) in [5, 5.41) is 4.91. The average molecular weight is 347 g/mol. The van der Waals surface area contributed by atoms with Crippen LogP contribution in [0.1, 0.15) is 20.8 Å². The van der Waals surface area contributed by atoms with Crippen molar-refractivity contribution in [2.24, 2.45) is 0 Å². The van der Waals surface area contributed by atoms with Crippen LogP contribution in [0.2, 0.25) is 0 Å². The molecule has 0 saturated carbocycles. The molecule has 0 fully saturated rings. The number of pyridine rings is 1. The van der Waals surface area contributed by atoms with Gasteiger partial charge in [-0.25, -0.2) is 4.98 Å². The third-order valence-electron chi connectivity index (χ3n) is 4.01. The second kappa shape index (κ2) is 6.18. The summed E-state index contributed by atoms with van der Waals surface area (Å²) in [5.74, 6) is -0.0749. The van der Waals surface area contributed by atoms with Gasteiger partial charge in [0.25, 0.3) is 5.91 Å². The molecule has 0 unspecified atom stereocenters. The van der Waals surface area contributed by atoms with E-state index in [1.54, 1.807) is 0 Å². The predicted molar refractivity (Wildman–Crippen MR) is 102 cm³/mol. The molecule has 0 saturated heterocycles. The Hall–Kier alpha value is -2.92.